The molecular formula is C22H22N2O3S. The molecule has 4 rings (SSSR count). The van der Waals surface area contributed by atoms with Crippen LogP contribution in [0.3, 0.4) is 0 Å². The Labute approximate surface area is 169 Å². The first-order chi connectivity index (χ1) is 13.5. The molecule has 144 valence electrons. The lowest BCUT2D eigenvalue weighted by molar-refractivity contribution is -0.113. The van der Waals surface area contributed by atoms with Gasteiger partial charge >= 0.3 is 0 Å². The molecule has 2 aliphatic heterocycles. The minimum Gasteiger partial charge on any atom is -0.493 e. The van der Waals surface area contributed by atoms with Gasteiger partial charge in [-0.1, -0.05) is 17.7 Å². The minimum atomic E-state index is -0.189. The number of nitrogens with zero attached hydrogens (tertiary/aromatic N) is 1. The number of nitrogens with one attached hydrogen (secondary N) is 1. The molecule has 1 saturated heterocycles. The highest BCUT2D eigenvalue weighted by Crippen LogP contribution is 2.36. The van der Waals surface area contributed by atoms with E-state index in [2.05, 4.69) is 5.32 Å². The second-order valence-corrected chi connectivity index (χ2v) is 7.41. The summed E-state index contributed by atoms with van der Waals surface area (Å²) in [6, 6.07) is 11.6. The second kappa shape index (κ2) is 7.28. The lowest BCUT2D eigenvalue weighted by atomic mass is 10.1. The number of ether oxygens (including phenoxy) is 2. The third-order valence-electron chi connectivity index (χ3n) is 4.80. The van der Waals surface area contributed by atoms with E-state index < -0.39 is 0 Å². The Balaban J connectivity index is 1.69. The van der Waals surface area contributed by atoms with Gasteiger partial charge in [0.25, 0.3) is 5.91 Å². The van der Waals surface area contributed by atoms with Crippen molar-refractivity contribution in [3.63, 3.8) is 0 Å². The van der Waals surface area contributed by atoms with Crippen molar-refractivity contribution in [1.29, 1.82) is 0 Å². The van der Waals surface area contributed by atoms with Gasteiger partial charge in [-0.05, 0) is 63.3 Å². The summed E-state index contributed by atoms with van der Waals surface area (Å²) in [7, 11) is 0. The van der Waals surface area contributed by atoms with Crippen molar-refractivity contribution in [2.24, 2.45) is 0 Å². The number of carbonyl (C=O) groups excluding carboxylic acids is 1. The van der Waals surface area contributed by atoms with E-state index in [0.29, 0.717) is 17.4 Å². The van der Waals surface area contributed by atoms with E-state index in [1.54, 1.807) is 6.08 Å². The average molecular weight is 394 g/mol. The largest absolute Gasteiger partial charge is 0.493 e. The van der Waals surface area contributed by atoms with Gasteiger partial charge in [0.1, 0.15) is 23.3 Å². The zero-order chi connectivity index (χ0) is 19.8. The molecule has 1 atom stereocenters. The van der Waals surface area contributed by atoms with Crippen LogP contribution < -0.4 is 19.7 Å². The van der Waals surface area contributed by atoms with Gasteiger partial charge in [0.05, 0.1) is 12.3 Å². The summed E-state index contributed by atoms with van der Waals surface area (Å²) in [4.78, 5) is 14.5. The SMILES string of the molecule is CCOc1cc2c(cc1/C=C1\NC(=S)N(c3ccc(C)cc3)C1=O)O[C@@H](C)C2. The smallest absolute Gasteiger partial charge is 0.281 e. The first-order valence-corrected chi connectivity index (χ1v) is 9.77. The molecule has 2 aliphatic rings. The molecule has 0 bridgehead atoms. The number of hydrogen-bond donors (Lipinski definition) is 1. The summed E-state index contributed by atoms with van der Waals surface area (Å²) in [5, 5.41) is 3.40. The third-order valence-corrected chi connectivity index (χ3v) is 5.08. The van der Waals surface area contributed by atoms with Crippen molar-refractivity contribution in [3.05, 3.63) is 58.8 Å². The van der Waals surface area contributed by atoms with Crippen LogP contribution in [0.5, 0.6) is 11.5 Å². The number of hydrogen-bond acceptors (Lipinski definition) is 4. The second-order valence-electron chi connectivity index (χ2n) is 7.03. The molecule has 2 aromatic rings. The standard InChI is InChI=1S/C22H22N2O3S/c1-4-26-19-11-15-9-14(3)27-20(15)12-16(19)10-18-21(25)24(22(28)23-18)17-7-5-13(2)6-8-17/h5-8,10-12,14H,4,9H2,1-3H3,(H,23,28)/b18-10-/t14-/m0/s1. The maximum atomic E-state index is 13.0. The van der Waals surface area contributed by atoms with E-state index in [0.717, 1.165) is 40.3 Å². The maximum absolute atomic E-state index is 13.0. The minimum absolute atomic E-state index is 0.142. The van der Waals surface area contributed by atoms with Gasteiger partial charge in [0, 0.05) is 17.5 Å². The number of aryl methyl sites for hydroxylation is 1. The molecule has 1 amide bonds. The van der Waals surface area contributed by atoms with Crippen molar-refractivity contribution >= 4 is 35.0 Å². The Morgan fingerprint density at radius 3 is 2.79 bits per heavy atom. The van der Waals surface area contributed by atoms with Crippen LogP contribution in [-0.2, 0) is 11.2 Å². The highest BCUT2D eigenvalue weighted by atomic mass is 32.1. The Morgan fingerprint density at radius 1 is 1.32 bits per heavy atom. The van der Waals surface area contributed by atoms with Crippen LogP contribution in [0, 0.1) is 6.92 Å². The fourth-order valence-electron chi connectivity index (χ4n) is 3.47. The van der Waals surface area contributed by atoms with Gasteiger partial charge in [-0.3, -0.25) is 9.69 Å². The van der Waals surface area contributed by atoms with Crippen LogP contribution >= 0.6 is 12.2 Å². The monoisotopic (exact) mass is 394 g/mol. The fourth-order valence-corrected chi connectivity index (χ4v) is 3.77. The molecule has 0 aromatic heterocycles. The molecule has 2 aromatic carbocycles. The summed E-state index contributed by atoms with van der Waals surface area (Å²) in [5.74, 6) is 1.39. The van der Waals surface area contributed by atoms with E-state index in [4.69, 9.17) is 21.7 Å². The summed E-state index contributed by atoms with van der Waals surface area (Å²) >= 11 is 5.40. The van der Waals surface area contributed by atoms with E-state index >= 15 is 0 Å². The molecule has 5 nitrogen and oxygen atoms in total. The van der Waals surface area contributed by atoms with Gasteiger partial charge < -0.3 is 14.8 Å². The number of carbonyl (C=O) groups is 1. The summed E-state index contributed by atoms with van der Waals surface area (Å²) in [6.45, 7) is 6.53. The predicted molar refractivity (Wildman–Crippen MR) is 114 cm³/mol. The lowest BCUT2D eigenvalue weighted by Crippen LogP contribution is -2.30. The quantitative estimate of drug-likeness (QED) is 0.628. The molecule has 28 heavy (non-hydrogen) atoms. The molecule has 0 saturated carbocycles. The number of amides is 1. The Kier molecular flexibility index (Phi) is 4.81. The van der Waals surface area contributed by atoms with E-state index in [-0.39, 0.29) is 12.0 Å². The molecule has 1 fully saturated rings. The molecule has 0 unspecified atom stereocenters. The molecule has 0 spiro atoms. The van der Waals surface area contributed by atoms with Crippen LogP contribution in [-0.4, -0.2) is 23.7 Å². The molecule has 0 aliphatic carbocycles. The van der Waals surface area contributed by atoms with Gasteiger partial charge in [0.15, 0.2) is 5.11 Å². The maximum Gasteiger partial charge on any atom is 0.281 e. The summed E-state index contributed by atoms with van der Waals surface area (Å²) in [6.07, 6.45) is 2.78. The van der Waals surface area contributed by atoms with Crippen LogP contribution in [0.25, 0.3) is 6.08 Å². The van der Waals surface area contributed by atoms with Gasteiger partial charge in [-0.25, -0.2) is 0 Å². The average Bonchev–Trinajstić information content (AvgIpc) is 3.14. The molecule has 6 heteroatoms. The summed E-state index contributed by atoms with van der Waals surface area (Å²) in [5.41, 5.74) is 4.20. The summed E-state index contributed by atoms with van der Waals surface area (Å²) < 4.78 is 11.7. The van der Waals surface area contributed by atoms with Crippen LogP contribution in [0.2, 0.25) is 0 Å². The van der Waals surface area contributed by atoms with E-state index in [9.17, 15) is 4.79 Å². The van der Waals surface area contributed by atoms with Gasteiger partial charge in [-0.15, -0.1) is 0 Å². The normalized spacial score (nSPS) is 19.6. The molecular weight excluding hydrogens is 372 g/mol. The van der Waals surface area contributed by atoms with Gasteiger partial charge in [0.2, 0.25) is 0 Å². The van der Waals surface area contributed by atoms with Crippen molar-refractivity contribution in [2.75, 3.05) is 11.5 Å². The molecule has 1 N–H and O–H groups in total. The topological polar surface area (TPSA) is 50.8 Å². The van der Waals surface area contributed by atoms with E-state index in [1.807, 2.05) is 57.2 Å². The van der Waals surface area contributed by atoms with Crippen molar-refractivity contribution < 1.29 is 14.3 Å². The van der Waals surface area contributed by atoms with E-state index in [1.165, 1.54) is 4.90 Å². The fraction of sp³-hybridized carbons (Fsp3) is 0.273. The molecule has 0 radical (unpaired) electrons. The highest BCUT2D eigenvalue weighted by molar-refractivity contribution is 7.80. The number of fused-ring (bicyclic) bond motifs is 1. The highest BCUT2D eigenvalue weighted by Gasteiger charge is 2.32. The Bertz CT molecular complexity index is 982. The first-order valence-electron chi connectivity index (χ1n) is 9.36. The van der Waals surface area contributed by atoms with Crippen molar-refractivity contribution in [1.82, 2.24) is 5.32 Å². The van der Waals surface area contributed by atoms with Crippen LogP contribution in [0.4, 0.5) is 5.69 Å². The Morgan fingerprint density at radius 2 is 2.07 bits per heavy atom. The number of benzene rings is 2. The number of thiocarbonyl (C=S) groups is 1. The zero-order valence-electron chi connectivity index (χ0n) is 16.1. The lowest BCUT2D eigenvalue weighted by Gasteiger charge is -2.14. The third kappa shape index (κ3) is 3.36. The number of rotatable bonds is 4. The molecule has 2 heterocycles. The van der Waals surface area contributed by atoms with Gasteiger partial charge in [-0.2, -0.15) is 0 Å². The first kappa shape index (κ1) is 18.5. The van der Waals surface area contributed by atoms with Crippen molar-refractivity contribution in [3.8, 4) is 11.5 Å². The van der Waals surface area contributed by atoms with Crippen molar-refractivity contribution in [2.45, 2.75) is 33.3 Å². The van der Waals surface area contributed by atoms with Crippen LogP contribution in [0.1, 0.15) is 30.5 Å². The predicted octanol–water partition coefficient (Wildman–Crippen LogP) is 3.98. The Hall–Kier alpha value is -2.86. The zero-order valence-corrected chi connectivity index (χ0v) is 16.9. The number of anilines is 1. The van der Waals surface area contributed by atoms with Crippen LogP contribution in [0.15, 0.2) is 42.1 Å².